The lowest BCUT2D eigenvalue weighted by Gasteiger charge is -2.11. The van der Waals surface area contributed by atoms with Gasteiger partial charge in [0.05, 0.1) is 19.9 Å². The number of amides is 1. The van der Waals surface area contributed by atoms with Gasteiger partial charge in [-0.1, -0.05) is 32.0 Å². The summed E-state index contributed by atoms with van der Waals surface area (Å²) in [6.07, 6.45) is 2.51. The number of hydrogen-bond acceptors (Lipinski definition) is 6. The zero-order valence-electron chi connectivity index (χ0n) is 18.3. The van der Waals surface area contributed by atoms with Gasteiger partial charge in [-0.25, -0.2) is 9.97 Å². The third kappa shape index (κ3) is 5.94. The van der Waals surface area contributed by atoms with E-state index in [1.165, 1.54) is 0 Å². The van der Waals surface area contributed by atoms with Crippen LogP contribution in [0.2, 0.25) is 0 Å². The summed E-state index contributed by atoms with van der Waals surface area (Å²) in [6, 6.07) is 15.4. The van der Waals surface area contributed by atoms with E-state index in [9.17, 15) is 4.79 Å². The molecule has 2 N–H and O–H groups in total. The van der Waals surface area contributed by atoms with Crippen LogP contribution in [0.3, 0.4) is 0 Å². The van der Waals surface area contributed by atoms with Crippen molar-refractivity contribution >= 4 is 17.5 Å². The van der Waals surface area contributed by atoms with Crippen molar-refractivity contribution in [2.45, 2.75) is 20.3 Å². The third-order valence-corrected chi connectivity index (χ3v) is 4.75. The smallest absolute Gasteiger partial charge is 0.226 e. The van der Waals surface area contributed by atoms with Gasteiger partial charge >= 0.3 is 0 Å². The van der Waals surface area contributed by atoms with Crippen LogP contribution in [0.15, 0.2) is 54.7 Å². The molecule has 3 rings (SSSR count). The molecular weight excluding hydrogens is 392 g/mol. The van der Waals surface area contributed by atoms with Gasteiger partial charge in [0.25, 0.3) is 0 Å². The SMILES string of the molecule is COc1ccc(CCNc2nccc(-c3cccc(NC(=O)C(C)C)c3)n2)cc1OC. The summed E-state index contributed by atoms with van der Waals surface area (Å²) in [7, 11) is 3.25. The predicted octanol–water partition coefficient (Wildman–Crippen LogP) is 4.41. The number of ether oxygens (including phenoxy) is 2. The second-order valence-electron chi connectivity index (χ2n) is 7.36. The molecule has 7 nitrogen and oxygen atoms in total. The number of methoxy groups -OCH3 is 2. The van der Waals surface area contributed by atoms with Crippen LogP contribution in [0.4, 0.5) is 11.6 Å². The maximum Gasteiger partial charge on any atom is 0.226 e. The highest BCUT2D eigenvalue weighted by atomic mass is 16.5. The molecule has 2 aromatic carbocycles. The fourth-order valence-electron chi connectivity index (χ4n) is 3.00. The minimum Gasteiger partial charge on any atom is -0.493 e. The molecule has 31 heavy (non-hydrogen) atoms. The summed E-state index contributed by atoms with van der Waals surface area (Å²) in [5.41, 5.74) is 3.56. The first-order valence-electron chi connectivity index (χ1n) is 10.2. The van der Waals surface area contributed by atoms with E-state index in [2.05, 4.69) is 20.6 Å². The van der Waals surface area contributed by atoms with E-state index in [1.54, 1.807) is 20.4 Å². The first-order chi connectivity index (χ1) is 15.0. The quantitative estimate of drug-likeness (QED) is 0.533. The van der Waals surface area contributed by atoms with E-state index < -0.39 is 0 Å². The van der Waals surface area contributed by atoms with Gasteiger partial charge in [0.15, 0.2) is 11.5 Å². The van der Waals surface area contributed by atoms with Gasteiger partial charge in [-0.15, -0.1) is 0 Å². The number of hydrogen-bond donors (Lipinski definition) is 2. The molecule has 7 heteroatoms. The fourth-order valence-corrected chi connectivity index (χ4v) is 3.00. The van der Waals surface area contributed by atoms with Crippen LogP contribution in [0, 0.1) is 5.92 Å². The summed E-state index contributed by atoms with van der Waals surface area (Å²) in [5, 5.41) is 6.19. The van der Waals surface area contributed by atoms with Crippen LogP contribution in [-0.2, 0) is 11.2 Å². The Hall–Kier alpha value is -3.61. The Morgan fingerprint density at radius 2 is 1.84 bits per heavy atom. The first kappa shape index (κ1) is 22.1. The van der Waals surface area contributed by atoms with E-state index in [0.29, 0.717) is 24.0 Å². The standard InChI is InChI=1S/C24H28N4O3/c1-16(2)23(29)27-19-7-5-6-18(15-19)20-11-13-26-24(28-20)25-12-10-17-8-9-21(30-3)22(14-17)31-4/h5-9,11,13-16H,10,12H2,1-4H3,(H,27,29)(H,25,26,28). The van der Waals surface area contributed by atoms with Gasteiger partial charge < -0.3 is 20.1 Å². The maximum absolute atomic E-state index is 12.0. The van der Waals surface area contributed by atoms with Gasteiger partial charge in [0.2, 0.25) is 11.9 Å². The summed E-state index contributed by atoms with van der Waals surface area (Å²) in [4.78, 5) is 20.9. The van der Waals surface area contributed by atoms with Crippen LogP contribution in [0.5, 0.6) is 11.5 Å². The van der Waals surface area contributed by atoms with Crippen molar-refractivity contribution in [2.24, 2.45) is 5.92 Å². The van der Waals surface area contributed by atoms with Gasteiger partial charge in [-0.3, -0.25) is 4.79 Å². The molecule has 0 atom stereocenters. The predicted molar refractivity (Wildman–Crippen MR) is 123 cm³/mol. The Balaban J connectivity index is 1.65. The van der Waals surface area contributed by atoms with Crippen molar-refractivity contribution in [2.75, 3.05) is 31.4 Å². The lowest BCUT2D eigenvalue weighted by Crippen LogP contribution is -2.17. The van der Waals surface area contributed by atoms with E-state index in [4.69, 9.17) is 9.47 Å². The Labute approximate surface area is 182 Å². The highest BCUT2D eigenvalue weighted by molar-refractivity contribution is 5.92. The highest BCUT2D eigenvalue weighted by Gasteiger charge is 2.09. The molecule has 0 radical (unpaired) electrons. The molecular formula is C24H28N4O3. The molecule has 0 saturated carbocycles. The van der Waals surface area contributed by atoms with E-state index in [0.717, 1.165) is 28.9 Å². The molecule has 0 saturated heterocycles. The number of nitrogens with zero attached hydrogens (tertiary/aromatic N) is 2. The molecule has 1 aromatic heterocycles. The molecule has 1 heterocycles. The van der Waals surface area contributed by atoms with Crippen molar-refractivity contribution < 1.29 is 14.3 Å². The highest BCUT2D eigenvalue weighted by Crippen LogP contribution is 2.27. The summed E-state index contributed by atoms with van der Waals surface area (Å²) < 4.78 is 10.6. The second-order valence-corrected chi connectivity index (χ2v) is 7.36. The summed E-state index contributed by atoms with van der Waals surface area (Å²) in [5.74, 6) is 1.88. The van der Waals surface area contributed by atoms with E-state index in [-0.39, 0.29) is 11.8 Å². The number of aromatic nitrogens is 2. The average molecular weight is 421 g/mol. The Bertz CT molecular complexity index is 1040. The van der Waals surface area contributed by atoms with Crippen LogP contribution in [0.25, 0.3) is 11.3 Å². The van der Waals surface area contributed by atoms with Crippen LogP contribution >= 0.6 is 0 Å². The lowest BCUT2D eigenvalue weighted by atomic mass is 10.1. The first-order valence-corrected chi connectivity index (χ1v) is 10.2. The van der Waals surface area contributed by atoms with E-state index in [1.807, 2.05) is 62.4 Å². The molecule has 0 bridgehead atoms. The Kier molecular flexibility index (Phi) is 7.43. The van der Waals surface area contributed by atoms with Crippen molar-refractivity contribution in [1.82, 2.24) is 9.97 Å². The summed E-state index contributed by atoms with van der Waals surface area (Å²) in [6.45, 7) is 4.40. The van der Waals surface area contributed by atoms with Crippen molar-refractivity contribution in [3.05, 3.63) is 60.3 Å². The number of anilines is 2. The zero-order chi connectivity index (χ0) is 22.2. The normalized spacial score (nSPS) is 10.6. The fraction of sp³-hybridized carbons (Fsp3) is 0.292. The van der Waals surface area contributed by atoms with Crippen molar-refractivity contribution in [1.29, 1.82) is 0 Å². The van der Waals surface area contributed by atoms with Crippen molar-refractivity contribution in [3.8, 4) is 22.8 Å². The number of rotatable bonds is 9. The number of carbonyl (C=O) groups is 1. The molecule has 162 valence electrons. The van der Waals surface area contributed by atoms with E-state index >= 15 is 0 Å². The topological polar surface area (TPSA) is 85.4 Å². The number of carbonyl (C=O) groups excluding carboxylic acids is 1. The molecule has 0 aliphatic rings. The van der Waals surface area contributed by atoms with Crippen molar-refractivity contribution in [3.63, 3.8) is 0 Å². The number of nitrogens with one attached hydrogen (secondary N) is 2. The molecule has 0 spiro atoms. The molecule has 0 unspecified atom stereocenters. The molecule has 0 fully saturated rings. The number of benzene rings is 2. The lowest BCUT2D eigenvalue weighted by molar-refractivity contribution is -0.118. The van der Waals surface area contributed by atoms with Gasteiger partial charge in [-0.2, -0.15) is 0 Å². The molecule has 0 aliphatic carbocycles. The van der Waals surface area contributed by atoms with Gasteiger partial charge in [0.1, 0.15) is 0 Å². The maximum atomic E-state index is 12.0. The van der Waals surface area contributed by atoms with Crippen LogP contribution in [-0.4, -0.2) is 36.6 Å². The molecule has 1 amide bonds. The van der Waals surface area contributed by atoms with Crippen LogP contribution in [0.1, 0.15) is 19.4 Å². The average Bonchev–Trinajstić information content (AvgIpc) is 2.79. The summed E-state index contributed by atoms with van der Waals surface area (Å²) >= 11 is 0. The van der Waals surface area contributed by atoms with Crippen LogP contribution < -0.4 is 20.1 Å². The Morgan fingerprint density at radius 1 is 1.03 bits per heavy atom. The van der Waals surface area contributed by atoms with Gasteiger partial charge in [0, 0.05) is 29.9 Å². The zero-order valence-corrected chi connectivity index (χ0v) is 18.3. The monoisotopic (exact) mass is 420 g/mol. The minimum absolute atomic E-state index is 0.0163. The minimum atomic E-state index is -0.0795. The molecule has 3 aromatic rings. The Morgan fingerprint density at radius 3 is 2.58 bits per heavy atom. The third-order valence-electron chi connectivity index (χ3n) is 4.75. The largest absolute Gasteiger partial charge is 0.493 e. The molecule has 0 aliphatic heterocycles. The van der Waals surface area contributed by atoms with Gasteiger partial charge in [-0.05, 0) is 42.3 Å². The second kappa shape index (κ2) is 10.4.